The van der Waals surface area contributed by atoms with Gasteiger partial charge in [0.15, 0.2) is 5.82 Å². The molecule has 0 spiro atoms. The van der Waals surface area contributed by atoms with Crippen LogP contribution in [0.2, 0.25) is 0 Å². The summed E-state index contributed by atoms with van der Waals surface area (Å²) in [4.78, 5) is 23.0. The van der Waals surface area contributed by atoms with E-state index in [1.165, 1.54) is 0 Å². The Kier molecular flexibility index (Phi) is 3.77. The Labute approximate surface area is 143 Å². The maximum Gasteiger partial charge on any atom is 0.340 e. The molecule has 3 heterocycles. The van der Waals surface area contributed by atoms with Crippen molar-refractivity contribution < 1.29 is 0 Å². The minimum absolute atomic E-state index is 0.296. The van der Waals surface area contributed by atoms with Gasteiger partial charge in [-0.3, -0.25) is 4.98 Å². The van der Waals surface area contributed by atoms with E-state index >= 15 is 0 Å². The zero-order chi connectivity index (χ0) is 17.2. The quantitative estimate of drug-likeness (QED) is 0.579. The second-order valence-corrected chi connectivity index (χ2v) is 5.74. The number of aryl methyl sites for hydroxylation is 3. The Hall–Kier alpha value is -3.42. The number of rotatable bonds is 5. The van der Waals surface area contributed by atoms with Crippen LogP contribution in [0.15, 0.2) is 53.8 Å². The number of hydrogen-bond donors (Lipinski definition) is 2. The van der Waals surface area contributed by atoms with Crippen molar-refractivity contribution in [2.45, 2.75) is 13.0 Å². The summed E-state index contributed by atoms with van der Waals surface area (Å²) >= 11 is 0. The molecule has 0 bridgehead atoms. The van der Waals surface area contributed by atoms with Crippen molar-refractivity contribution >= 4 is 0 Å². The van der Waals surface area contributed by atoms with E-state index in [9.17, 15) is 4.79 Å². The van der Waals surface area contributed by atoms with Gasteiger partial charge in [0.05, 0.1) is 12.0 Å². The Bertz CT molecular complexity index is 1040. The lowest BCUT2D eigenvalue weighted by molar-refractivity contribution is 0.673. The molecule has 4 rings (SSSR count). The van der Waals surface area contributed by atoms with Gasteiger partial charge >= 0.3 is 5.69 Å². The second kappa shape index (κ2) is 6.23. The van der Waals surface area contributed by atoms with E-state index in [0.717, 1.165) is 22.8 Å². The third kappa shape index (κ3) is 2.89. The van der Waals surface area contributed by atoms with Gasteiger partial charge in [0.2, 0.25) is 0 Å². The Morgan fingerprint density at radius 3 is 2.68 bits per heavy atom. The molecule has 2 N–H and O–H groups in total. The van der Waals surface area contributed by atoms with Crippen LogP contribution in [-0.4, -0.2) is 34.3 Å². The highest BCUT2D eigenvalue weighted by atomic mass is 16.1. The van der Waals surface area contributed by atoms with Gasteiger partial charge in [0.25, 0.3) is 0 Å². The summed E-state index contributed by atoms with van der Waals surface area (Å²) in [7, 11) is 1.96. The molecule has 8 heteroatoms. The van der Waals surface area contributed by atoms with Gasteiger partial charge in [-0.25, -0.2) is 19.9 Å². The minimum atomic E-state index is -0.296. The lowest BCUT2D eigenvalue weighted by Gasteiger charge is -2.10. The monoisotopic (exact) mass is 335 g/mol. The molecule has 0 atom stereocenters. The highest BCUT2D eigenvalue weighted by Gasteiger charge is 2.18. The number of aromatic amines is 2. The summed E-state index contributed by atoms with van der Waals surface area (Å²) in [6.07, 6.45) is 6.07. The van der Waals surface area contributed by atoms with E-state index in [0.29, 0.717) is 18.8 Å². The lowest BCUT2D eigenvalue weighted by Crippen LogP contribution is -2.07. The van der Waals surface area contributed by atoms with Gasteiger partial charge in [0.1, 0.15) is 11.5 Å². The average Bonchev–Trinajstić information content (AvgIpc) is 3.33. The Morgan fingerprint density at radius 2 is 2.00 bits per heavy atom. The number of imidazole rings is 2. The van der Waals surface area contributed by atoms with Crippen molar-refractivity contribution in [3.8, 4) is 22.8 Å². The fraction of sp³-hybridized carbons (Fsp3) is 0.176. The minimum Gasteiger partial charge on any atom is -0.333 e. The lowest BCUT2D eigenvalue weighted by atomic mass is 10.1. The summed E-state index contributed by atoms with van der Waals surface area (Å²) in [5, 5.41) is 6.34. The van der Waals surface area contributed by atoms with E-state index < -0.39 is 0 Å². The van der Waals surface area contributed by atoms with E-state index in [2.05, 4.69) is 25.1 Å². The van der Waals surface area contributed by atoms with Gasteiger partial charge in [-0.15, -0.1) is 0 Å². The molecule has 25 heavy (non-hydrogen) atoms. The van der Waals surface area contributed by atoms with Crippen LogP contribution in [0.4, 0.5) is 0 Å². The Balaban J connectivity index is 1.75. The predicted molar refractivity (Wildman–Crippen MR) is 92.8 cm³/mol. The van der Waals surface area contributed by atoms with Crippen LogP contribution in [0.1, 0.15) is 5.82 Å². The maximum absolute atomic E-state index is 11.2. The summed E-state index contributed by atoms with van der Waals surface area (Å²) in [5.41, 5.74) is 2.56. The number of benzene rings is 1. The molecule has 0 aliphatic heterocycles. The average molecular weight is 335 g/mol. The molecule has 126 valence electrons. The molecular weight excluding hydrogens is 318 g/mol. The first-order valence-corrected chi connectivity index (χ1v) is 7.94. The molecule has 3 aromatic heterocycles. The first-order chi connectivity index (χ1) is 12.2. The van der Waals surface area contributed by atoms with Crippen LogP contribution < -0.4 is 5.69 Å². The van der Waals surface area contributed by atoms with Crippen molar-refractivity contribution in [1.82, 2.24) is 34.3 Å². The van der Waals surface area contributed by atoms with E-state index in [1.54, 1.807) is 12.5 Å². The van der Waals surface area contributed by atoms with Crippen LogP contribution >= 0.6 is 0 Å². The summed E-state index contributed by atoms with van der Waals surface area (Å²) in [5.74, 6) is 1.46. The van der Waals surface area contributed by atoms with Gasteiger partial charge in [-0.1, -0.05) is 30.3 Å². The van der Waals surface area contributed by atoms with Crippen LogP contribution in [0.5, 0.6) is 0 Å². The topological polar surface area (TPSA) is 97.2 Å². The van der Waals surface area contributed by atoms with Crippen molar-refractivity contribution in [1.29, 1.82) is 0 Å². The van der Waals surface area contributed by atoms with Gasteiger partial charge in [-0.05, 0) is 0 Å². The zero-order valence-electron chi connectivity index (χ0n) is 13.7. The molecule has 1 aromatic carbocycles. The fourth-order valence-electron chi connectivity index (χ4n) is 2.84. The molecule has 0 radical (unpaired) electrons. The summed E-state index contributed by atoms with van der Waals surface area (Å²) in [6, 6.07) is 10.0. The highest BCUT2D eigenvalue weighted by Crippen LogP contribution is 2.30. The summed E-state index contributed by atoms with van der Waals surface area (Å²) < 4.78 is 4.01. The molecule has 0 fully saturated rings. The molecular formula is C17H17N7O. The molecule has 0 saturated carbocycles. The van der Waals surface area contributed by atoms with Crippen LogP contribution in [0.25, 0.3) is 22.8 Å². The van der Waals surface area contributed by atoms with Crippen molar-refractivity contribution in [3.63, 3.8) is 0 Å². The normalized spacial score (nSPS) is 11.1. The Morgan fingerprint density at radius 1 is 1.16 bits per heavy atom. The first kappa shape index (κ1) is 15.1. The molecule has 0 aliphatic rings. The maximum atomic E-state index is 11.2. The predicted octanol–water partition coefficient (Wildman–Crippen LogP) is 1.60. The van der Waals surface area contributed by atoms with E-state index in [4.69, 9.17) is 0 Å². The second-order valence-electron chi connectivity index (χ2n) is 5.74. The largest absolute Gasteiger partial charge is 0.340 e. The van der Waals surface area contributed by atoms with E-state index in [-0.39, 0.29) is 5.69 Å². The number of aromatic nitrogens is 7. The van der Waals surface area contributed by atoms with E-state index in [1.807, 2.05) is 52.7 Å². The number of nitrogens with one attached hydrogen (secondary N) is 2. The third-order valence-electron chi connectivity index (χ3n) is 4.06. The van der Waals surface area contributed by atoms with Gasteiger partial charge in [-0.2, -0.15) is 5.10 Å². The zero-order valence-corrected chi connectivity index (χ0v) is 13.7. The molecule has 4 aromatic rings. The third-order valence-corrected chi connectivity index (χ3v) is 4.06. The molecule has 0 saturated heterocycles. The summed E-state index contributed by atoms with van der Waals surface area (Å²) in [6.45, 7) is 0.628. The molecule has 0 amide bonds. The van der Waals surface area contributed by atoms with Crippen LogP contribution in [0, 0.1) is 0 Å². The van der Waals surface area contributed by atoms with Crippen molar-refractivity contribution in [2.24, 2.45) is 7.05 Å². The highest BCUT2D eigenvalue weighted by molar-refractivity contribution is 5.75. The van der Waals surface area contributed by atoms with Gasteiger partial charge in [0, 0.05) is 38.0 Å². The number of nitrogens with zero attached hydrogens (tertiary/aromatic N) is 5. The van der Waals surface area contributed by atoms with Crippen molar-refractivity contribution in [3.05, 3.63) is 65.4 Å². The van der Waals surface area contributed by atoms with Crippen molar-refractivity contribution in [2.75, 3.05) is 0 Å². The standard InChI is InChI=1S/C17H17N7O/c1-23-10-8-18-16(23)15-14(12-5-3-2-4-6-12)19-11-24(15)9-7-13-20-17(25)22-21-13/h2-6,8,10-11H,7,9H2,1H3,(H2,20,21,22,25). The SMILES string of the molecule is Cn1ccnc1-c1c(-c2ccccc2)ncn1CCc1n[nH]c(=O)[nH]1. The smallest absolute Gasteiger partial charge is 0.333 e. The number of H-pyrrole nitrogens is 2. The first-order valence-electron chi connectivity index (χ1n) is 7.94. The molecule has 0 aliphatic carbocycles. The van der Waals surface area contributed by atoms with Crippen LogP contribution in [-0.2, 0) is 20.0 Å². The number of hydrogen-bond acceptors (Lipinski definition) is 4. The molecule has 8 nitrogen and oxygen atoms in total. The molecule has 0 unspecified atom stereocenters. The fourth-order valence-corrected chi connectivity index (χ4v) is 2.84. The van der Waals surface area contributed by atoms with Crippen LogP contribution in [0.3, 0.4) is 0 Å². The van der Waals surface area contributed by atoms with Gasteiger partial charge < -0.3 is 9.13 Å².